The lowest BCUT2D eigenvalue weighted by molar-refractivity contribution is 0.190. The highest BCUT2D eigenvalue weighted by molar-refractivity contribution is 7.99. The van der Waals surface area contributed by atoms with Gasteiger partial charge < -0.3 is 10.1 Å². The zero-order valence-corrected chi connectivity index (χ0v) is 8.12. The van der Waals surface area contributed by atoms with E-state index < -0.39 is 0 Å². The van der Waals surface area contributed by atoms with Crippen LogP contribution in [0.1, 0.15) is 13.3 Å². The number of ether oxygens (including phenoxy) is 1. The fourth-order valence-corrected chi connectivity index (χ4v) is 1.37. The summed E-state index contributed by atoms with van der Waals surface area (Å²) in [4.78, 5) is 0. The molecule has 2 unspecified atom stereocenters. The third-order valence-electron chi connectivity index (χ3n) is 2.03. The van der Waals surface area contributed by atoms with E-state index in [1.807, 2.05) is 11.8 Å². The van der Waals surface area contributed by atoms with Gasteiger partial charge in [-0.2, -0.15) is 11.8 Å². The molecule has 0 radical (unpaired) electrons. The highest BCUT2D eigenvalue weighted by atomic mass is 32.2. The molecule has 1 N–H and O–H groups in total. The summed E-state index contributed by atoms with van der Waals surface area (Å²) in [6.07, 6.45) is 3.33. The summed E-state index contributed by atoms with van der Waals surface area (Å²) in [5.74, 6) is 0. The average Bonchev–Trinajstić information content (AvgIpc) is 2.52. The normalized spacial score (nSPS) is 27.3. The number of rotatable bonds is 4. The maximum atomic E-state index is 5.25. The van der Waals surface area contributed by atoms with Crippen LogP contribution in [0.25, 0.3) is 0 Å². The van der Waals surface area contributed by atoms with E-state index >= 15 is 0 Å². The van der Waals surface area contributed by atoms with E-state index in [0.29, 0.717) is 6.04 Å². The Balaban J connectivity index is 2.01. The van der Waals surface area contributed by atoms with Crippen molar-refractivity contribution >= 4 is 11.8 Å². The first-order valence-corrected chi connectivity index (χ1v) is 5.45. The van der Waals surface area contributed by atoms with Crippen molar-refractivity contribution in [1.29, 1.82) is 0 Å². The number of nitrogens with one attached hydrogen (secondary N) is 1. The second kappa shape index (κ2) is 5.01. The van der Waals surface area contributed by atoms with Crippen molar-refractivity contribution in [2.45, 2.75) is 24.6 Å². The van der Waals surface area contributed by atoms with Crippen LogP contribution in [0.15, 0.2) is 0 Å². The molecule has 0 bridgehead atoms. The van der Waals surface area contributed by atoms with Crippen molar-refractivity contribution < 1.29 is 4.74 Å². The second-order valence-electron chi connectivity index (χ2n) is 3.02. The zero-order chi connectivity index (χ0) is 8.10. The summed E-state index contributed by atoms with van der Waals surface area (Å²) < 4.78 is 5.25. The Morgan fingerprint density at radius 1 is 1.73 bits per heavy atom. The quantitative estimate of drug-likeness (QED) is 0.692. The summed E-state index contributed by atoms with van der Waals surface area (Å²) in [5, 5.41) is 4.20. The molecular weight excluding hydrogens is 158 g/mol. The lowest BCUT2D eigenvalue weighted by Crippen LogP contribution is -2.33. The van der Waals surface area contributed by atoms with E-state index in [2.05, 4.69) is 18.5 Å². The minimum atomic E-state index is 0.615. The van der Waals surface area contributed by atoms with Crippen LogP contribution < -0.4 is 5.32 Å². The Labute approximate surface area is 73.1 Å². The van der Waals surface area contributed by atoms with Crippen LogP contribution in [-0.4, -0.2) is 37.3 Å². The Kier molecular flexibility index (Phi) is 4.26. The first-order valence-electron chi connectivity index (χ1n) is 4.17. The number of hydrogen-bond acceptors (Lipinski definition) is 3. The van der Waals surface area contributed by atoms with Gasteiger partial charge in [0.15, 0.2) is 0 Å². The summed E-state index contributed by atoms with van der Waals surface area (Å²) in [5.41, 5.74) is 0. The molecular formula is C8H17NOS. The summed E-state index contributed by atoms with van der Waals surface area (Å²) in [6.45, 7) is 5.19. The van der Waals surface area contributed by atoms with Crippen LogP contribution in [0.3, 0.4) is 0 Å². The predicted octanol–water partition coefficient (Wildman–Crippen LogP) is 1.12. The maximum Gasteiger partial charge on any atom is 0.0620 e. The molecule has 0 spiro atoms. The van der Waals surface area contributed by atoms with Gasteiger partial charge in [-0.15, -0.1) is 0 Å². The molecule has 1 aliphatic heterocycles. The SMILES string of the molecule is CSC(C)CNC1CCOC1. The Hall–Kier alpha value is 0.270. The molecule has 1 rings (SSSR count). The van der Waals surface area contributed by atoms with Gasteiger partial charge in [0.25, 0.3) is 0 Å². The van der Waals surface area contributed by atoms with Crippen molar-refractivity contribution in [2.75, 3.05) is 26.0 Å². The zero-order valence-electron chi connectivity index (χ0n) is 7.30. The third-order valence-corrected chi connectivity index (χ3v) is 3.00. The Morgan fingerprint density at radius 3 is 3.09 bits per heavy atom. The minimum Gasteiger partial charge on any atom is -0.380 e. The summed E-state index contributed by atoms with van der Waals surface area (Å²) >= 11 is 1.90. The molecule has 1 heterocycles. The number of hydrogen-bond donors (Lipinski definition) is 1. The standard InChI is InChI=1S/C8H17NOS/c1-7(11-2)5-9-8-3-4-10-6-8/h7-9H,3-6H2,1-2H3. The maximum absolute atomic E-state index is 5.25. The third kappa shape index (κ3) is 3.45. The molecule has 2 nitrogen and oxygen atoms in total. The van der Waals surface area contributed by atoms with E-state index in [1.54, 1.807) is 0 Å². The van der Waals surface area contributed by atoms with Gasteiger partial charge in [-0.3, -0.25) is 0 Å². The first-order chi connectivity index (χ1) is 5.33. The minimum absolute atomic E-state index is 0.615. The molecule has 1 aliphatic rings. The van der Waals surface area contributed by atoms with Gasteiger partial charge >= 0.3 is 0 Å². The molecule has 2 atom stereocenters. The van der Waals surface area contributed by atoms with Crippen molar-refractivity contribution in [3.63, 3.8) is 0 Å². The molecule has 0 saturated carbocycles. The van der Waals surface area contributed by atoms with Crippen LogP contribution in [0.2, 0.25) is 0 Å². The lowest BCUT2D eigenvalue weighted by Gasteiger charge is -2.13. The van der Waals surface area contributed by atoms with Gasteiger partial charge in [0.1, 0.15) is 0 Å². The molecule has 0 amide bonds. The van der Waals surface area contributed by atoms with E-state index in [-0.39, 0.29) is 0 Å². The molecule has 0 aliphatic carbocycles. The highest BCUT2D eigenvalue weighted by Crippen LogP contribution is 2.06. The monoisotopic (exact) mass is 175 g/mol. The average molecular weight is 175 g/mol. The van der Waals surface area contributed by atoms with Crippen LogP contribution >= 0.6 is 11.8 Å². The topological polar surface area (TPSA) is 21.3 Å². The van der Waals surface area contributed by atoms with Crippen molar-refractivity contribution in [3.05, 3.63) is 0 Å². The van der Waals surface area contributed by atoms with Crippen molar-refractivity contribution in [3.8, 4) is 0 Å². The molecule has 0 aromatic carbocycles. The molecule has 11 heavy (non-hydrogen) atoms. The van der Waals surface area contributed by atoms with Gasteiger partial charge in [0, 0.05) is 24.4 Å². The molecule has 1 saturated heterocycles. The van der Waals surface area contributed by atoms with Gasteiger partial charge in [-0.1, -0.05) is 6.92 Å². The van der Waals surface area contributed by atoms with E-state index in [1.165, 1.54) is 6.42 Å². The van der Waals surface area contributed by atoms with Crippen molar-refractivity contribution in [2.24, 2.45) is 0 Å². The summed E-state index contributed by atoms with van der Waals surface area (Å²) in [7, 11) is 0. The second-order valence-corrected chi connectivity index (χ2v) is 4.29. The van der Waals surface area contributed by atoms with E-state index in [0.717, 1.165) is 25.0 Å². The van der Waals surface area contributed by atoms with Crippen LogP contribution in [0.4, 0.5) is 0 Å². The van der Waals surface area contributed by atoms with Gasteiger partial charge in [-0.05, 0) is 12.7 Å². The smallest absolute Gasteiger partial charge is 0.0620 e. The molecule has 66 valence electrons. The fourth-order valence-electron chi connectivity index (χ4n) is 1.11. The largest absolute Gasteiger partial charge is 0.380 e. The predicted molar refractivity (Wildman–Crippen MR) is 50.2 cm³/mol. The van der Waals surface area contributed by atoms with Crippen LogP contribution in [-0.2, 0) is 4.74 Å². The lowest BCUT2D eigenvalue weighted by atomic mass is 10.2. The Morgan fingerprint density at radius 2 is 2.55 bits per heavy atom. The molecule has 0 aromatic heterocycles. The first kappa shape index (κ1) is 9.36. The van der Waals surface area contributed by atoms with E-state index in [9.17, 15) is 0 Å². The summed E-state index contributed by atoms with van der Waals surface area (Å²) in [6, 6.07) is 0.615. The highest BCUT2D eigenvalue weighted by Gasteiger charge is 2.14. The molecule has 0 aromatic rings. The van der Waals surface area contributed by atoms with Gasteiger partial charge in [-0.25, -0.2) is 0 Å². The van der Waals surface area contributed by atoms with Crippen LogP contribution in [0.5, 0.6) is 0 Å². The number of thioether (sulfide) groups is 1. The molecule has 1 fully saturated rings. The molecule has 3 heteroatoms. The fraction of sp³-hybridized carbons (Fsp3) is 1.00. The van der Waals surface area contributed by atoms with Gasteiger partial charge in [0.2, 0.25) is 0 Å². The van der Waals surface area contributed by atoms with Gasteiger partial charge in [0.05, 0.1) is 6.61 Å². The Bertz CT molecular complexity index is 104. The van der Waals surface area contributed by atoms with Crippen molar-refractivity contribution in [1.82, 2.24) is 5.32 Å². The van der Waals surface area contributed by atoms with Crippen LogP contribution in [0, 0.1) is 0 Å². The van der Waals surface area contributed by atoms with E-state index in [4.69, 9.17) is 4.74 Å².